The molecule has 0 unspecified atom stereocenters. The van der Waals surface area contributed by atoms with Crippen molar-refractivity contribution >= 4 is 5.91 Å². The number of benzene rings is 1. The molecule has 0 heterocycles. The number of carbonyl (C=O) groups excluding carboxylic acids is 1. The molecule has 1 aromatic carbocycles. The van der Waals surface area contributed by atoms with Crippen LogP contribution in [0.15, 0.2) is 24.3 Å². The van der Waals surface area contributed by atoms with Crippen LogP contribution in [0.1, 0.15) is 36.2 Å². The minimum atomic E-state index is -0.0918. The third-order valence-electron chi connectivity index (χ3n) is 2.01. The second-order valence-electron chi connectivity index (χ2n) is 3.98. The summed E-state index contributed by atoms with van der Waals surface area (Å²) in [6, 6.07) is 7.28. The molecule has 2 N–H and O–H groups in total. The Balaban J connectivity index is 2.79. The minimum Gasteiger partial charge on any atom is -0.395 e. The average molecular weight is 231 g/mol. The number of rotatable bonds is 3. The molecule has 1 rings (SSSR count). The van der Waals surface area contributed by atoms with Crippen molar-refractivity contribution in [3.63, 3.8) is 0 Å². The van der Waals surface area contributed by atoms with Gasteiger partial charge in [0.15, 0.2) is 0 Å². The van der Waals surface area contributed by atoms with Crippen molar-refractivity contribution in [3.8, 4) is 11.8 Å². The second-order valence-corrected chi connectivity index (χ2v) is 3.98. The highest BCUT2D eigenvalue weighted by Crippen LogP contribution is 2.04. The Bertz CT molecular complexity index is 441. The molecule has 1 aromatic rings. The Labute approximate surface area is 102 Å². The lowest BCUT2D eigenvalue weighted by Crippen LogP contribution is -2.30. The van der Waals surface area contributed by atoms with Gasteiger partial charge in [0.2, 0.25) is 0 Å². The zero-order valence-corrected chi connectivity index (χ0v) is 10.2. The Morgan fingerprint density at radius 2 is 2.24 bits per heavy atom. The third-order valence-corrected chi connectivity index (χ3v) is 2.01. The molecule has 3 heteroatoms. The van der Waals surface area contributed by atoms with E-state index in [-0.39, 0.29) is 18.6 Å². The van der Waals surface area contributed by atoms with Gasteiger partial charge in [0, 0.05) is 23.6 Å². The van der Waals surface area contributed by atoms with Crippen molar-refractivity contribution < 1.29 is 9.90 Å². The fourth-order valence-corrected chi connectivity index (χ4v) is 1.30. The second kappa shape index (κ2) is 6.72. The van der Waals surface area contributed by atoms with Gasteiger partial charge in [-0.25, -0.2) is 0 Å². The van der Waals surface area contributed by atoms with Gasteiger partial charge in [-0.1, -0.05) is 17.9 Å². The molecule has 0 atom stereocenters. The maximum atomic E-state index is 11.7. The van der Waals surface area contributed by atoms with E-state index in [4.69, 9.17) is 5.11 Å². The summed E-state index contributed by atoms with van der Waals surface area (Å²) in [5, 5.41) is 11.4. The van der Waals surface area contributed by atoms with E-state index < -0.39 is 0 Å². The highest BCUT2D eigenvalue weighted by atomic mass is 16.2. The molecule has 0 aromatic heterocycles. The number of aliphatic hydroxyl groups is 1. The fourth-order valence-electron chi connectivity index (χ4n) is 1.30. The molecule has 1 amide bonds. The van der Waals surface area contributed by atoms with Crippen LogP contribution in [0.25, 0.3) is 0 Å². The standard InChI is InChI=1S/C14H17NO2/c1-11(2)15-14(17)13-8-5-7-12(10-13)6-3-4-9-16/h5,7-8,10-11,16H,4,9H2,1-2H3,(H,15,17). The maximum absolute atomic E-state index is 11.7. The van der Waals surface area contributed by atoms with Crippen molar-refractivity contribution in [2.75, 3.05) is 6.61 Å². The lowest BCUT2D eigenvalue weighted by Gasteiger charge is -2.08. The van der Waals surface area contributed by atoms with E-state index in [1.54, 1.807) is 18.2 Å². The minimum absolute atomic E-state index is 0.0561. The van der Waals surface area contributed by atoms with Crippen LogP contribution in [-0.4, -0.2) is 23.7 Å². The number of nitrogens with one attached hydrogen (secondary N) is 1. The number of hydrogen-bond acceptors (Lipinski definition) is 2. The Morgan fingerprint density at radius 1 is 1.47 bits per heavy atom. The monoisotopic (exact) mass is 231 g/mol. The maximum Gasteiger partial charge on any atom is 0.251 e. The van der Waals surface area contributed by atoms with Crippen LogP contribution in [0.5, 0.6) is 0 Å². The predicted molar refractivity (Wildman–Crippen MR) is 67.6 cm³/mol. The Hall–Kier alpha value is -1.79. The molecule has 0 saturated carbocycles. The number of carbonyl (C=O) groups is 1. The van der Waals surface area contributed by atoms with E-state index in [1.165, 1.54) is 0 Å². The van der Waals surface area contributed by atoms with E-state index in [1.807, 2.05) is 19.9 Å². The summed E-state index contributed by atoms with van der Waals surface area (Å²) in [6.45, 7) is 3.89. The fraction of sp³-hybridized carbons (Fsp3) is 0.357. The van der Waals surface area contributed by atoms with Crippen LogP contribution in [0.2, 0.25) is 0 Å². The molecule has 3 nitrogen and oxygen atoms in total. The predicted octanol–water partition coefficient (Wildman–Crippen LogP) is 1.56. The van der Waals surface area contributed by atoms with E-state index >= 15 is 0 Å². The van der Waals surface area contributed by atoms with Gasteiger partial charge in [-0.3, -0.25) is 4.79 Å². The molecule has 90 valence electrons. The summed E-state index contributed by atoms with van der Waals surface area (Å²) in [4.78, 5) is 11.7. The Morgan fingerprint density at radius 3 is 2.88 bits per heavy atom. The first kappa shape index (κ1) is 13.3. The van der Waals surface area contributed by atoms with E-state index in [2.05, 4.69) is 17.2 Å². The van der Waals surface area contributed by atoms with Crippen molar-refractivity contribution in [3.05, 3.63) is 35.4 Å². The largest absolute Gasteiger partial charge is 0.395 e. The van der Waals surface area contributed by atoms with Gasteiger partial charge >= 0.3 is 0 Å². The molecule has 0 spiro atoms. The van der Waals surface area contributed by atoms with Gasteiger partial charge in [-0.2, -0.15) is 0 Å². The SMILES string of the molecule is CC(C)NC(=O)c1cccc(C#CCCO)c1. The summed E-state index contributed by atoms with van der Waals surface area (Å²) >= 11 is 0. The zero-order chi connectivity index (χ0) is 12.7. The summed E-state index contributed by atoms with van der Waals surface area (Å²) in [6.07, 6.45) is 0.447. The normalized spacial score (nSPS) is 9.65. The van der Waals surface area contributed by atoms with Crippen molar-refractivity contribution in [1.29, 1.82) is 0 Å². The van der Waals surface area contributed by atoms with Gasteiger partial charge in [0.05, 0.1) is 6.61 Å². The first-order valence-corrected chi connectivity index (χ1v) is 5.64. The van der Waals surface area contributed by atoms with Crippen LogP contribution in [0.3, 0.4) is 0 Å². The van der Waals surface area contributed by atoms with Crippen LogP contribution in [-0.2, 0) is 0 Å². The van der Waals surface area contributed by atoms with Gasteiger partial charge in [0.1, 0.15) is 0 Å². The molecule has 0 aliphatic rings. The number of aliphatic hydroxyl groups excluding tert-OH is 1. The molecular weight excluding hydrogens is 214 g/mol. The van der Waals surface area contributed by atoms with Crippen molar-refractivity contribution in [1.82, 2.24) is 5.32 Å². The summed E-state index contributed by atoms with van der Waals surface area (Å²) < 4.78 is 0. The highest BCUT2D eigenvalue weighted by Gasteiger charge is 2.06. The number of amides is 1. The average Bonchev–Trinajstić information content (AvgIpc) is 2.29. The molecule has 0 radical (unpaired) electrons. The van der Waals surface area contributed by atoms with Crippen molar-refractivity contribution in [2.45, 2.75) is 26.3 Å². The van der Waals surface area contributed by atoms with E-state index in [9.17, 15) is 4.79 Å². The van der Waals surface area contributed by atoms with Crippen molar-refractivity contribution in [2.24, 2.45) is 0 Å². The third kappa shape index (κ3) is 4.71. The zero-order valence-electron chi connectivity index (χ0n) is 10.2. The molecule has 17 heavy (non-hydrogen) atoms. The van der Waals surface area contributed by atoms with Crippen LogP contribution < -0.4 is 5.32 Å². The number of hydrogen-bond donors (Lipinski definition) is 2. The molecule has 0 aliphatic carbocycles. The topological polar surface area (TPSA) is 49.3 Å². The quantitative estimate of drug-likeness (QED) is 0.776. The smallest absolute Gasteiger partial charge is 0.251 e. The summed E-state index contributed by atoms with van der Waals surface area (Å²) in [7, 11) is 0. The Kier molecular flexibility index (Phi) is 5.25. The molecular formula is C14H17NO2. The first-order chi connectivity index (χ1) is 8.13. The highest BCUT2D eigenvalue weighted by molar-refractivity contribution is 5.94. The lowest BCUT2D eigenvalue weighted by atomic mass is 10.1. The summed E-state index contributed by atoms with van der Waals surface area (Å²) in [5.74, 6) is 5.64. The van der Waals surface area contributed by atoms with Crippen LogP contribution >= 0.6 is 0 Å². The van der Waals surface area contributed by atoms with Gasteiger partial charge in [-0.15, -0.1) is 0 Å². The molecule has 0 bridgehead atoms. The van der Waals surface area contributed by atoms with Crippen LogP contribution in [0.4, 0.5) is 0 Å². The van der Waals surface area contributed by atoms with Crippen LogP contribution in [0, 0.1) is 11.8 Å². The lowest BCUT2D eigenvalue weighted by molar-refractivity contribution is 0.0943. The van der Waals surface area contributed by atoms with Gasteiger partial charge in [-0.05, 0) is 32.0 Å². The summed E-state index contributed by atoms with van der Waals surface area (Å²) in [5.41, 5.74) is 1.39. The molecule has 0 saturated heterocycles. The molecule has 0 fully saturated rings. The van der Waals surface area contributed by atoms with Gasteiger partial charge in [0.25, 0.3) is 5.91 Å². The van der Waals surface area contributed by atoms with Gasteiger partial charge < -0.3 is 10.4 Å². The molecule has 0 aliphatic heterocycles. The van der Waals surface area contributed by atoms with E-state index in [0.717, 1.165) is 5.56 Å². The first-order valence-electron chi connectivity index (χ1n) is 5.64. The van der Waals surface area contributed by atoms with E-state index in [0.29, 0.717) is 12.0 Å².